The second kappa shape index (κ2) is 9.15. The van der Waals surface area contributed by atoms with Gasteiger partial charge in [-0.15, -0.1) is 11.8 Å². The number of hydrogen-bond acceptors (Lipinski definition) is 4. The van der Waals surface area contributed by atoms with Crippen molar-refractivity contribution in [2.75, 3.05) is 20.8 Å². The minimum atomic E-state index is -0.936. The molecule has 0 spiro atoms. The van der Waals surface area contributed by atoms with Crippen LogP contribution in [0.25, 0.3) is 0 Å². The van der Waals surface area contributed by atoms with Crippen LogP contribution < -0.4 is 0 Å². The highest BCUT2D eigenvalue weighted by Gasteiger charge is 2.32. The monoisotopic (exact) mass is 341 g/mol. The number of benzene rings is 1. The first kappa shape index (κ1) is 19.8. The van der Waals surface area contributed by atoms with Crippen molar-refractivity contribution in [2.24, 2.45) is 0 Å². The fourth-order valence-corrected chi connectivity index (χ4v) is 3.45. The molecule has 0 radical (unpaired) electrons. The summed E-state index contributed by atoms with van der Waals surface area (Å²) in [5.41, 5.74) is 0.703. The van der Waals surface area contributed by atoms with Crippen LogP contribution in [0.1, 0.15) is 26.3 Å². The Labute approximate surface area is 143 Å². The highest BCUT2D eigenvalue weighted by Crippen LogP contribution is 2.26. The zero-order valence-corrected chi connectivity index (χ0v) is 15.3. The first-order valence-electron chi connectivity index (χ1n) is 7.51. The Morgan fingerprint density at radius 1 is 1.22 bits per heavy atom. The minimum Gasteiger partial charge on any atom is -0.465 e. The second-order valence-electron chi connectivity index (χ2n) is 6.24. The van der Waals surface area contributed by atoms with Crippen molar-refractivity contribution in [2.45, 2.75) is 43.6 Å². The molecule has 1 atom stereocenters. The quantitative estimate of drug-likeness (QED) is 0.731. The summed E-state index contributed by atoms with van der Waals surface area (Å²) >= 11 is 1.64. The number of amides is 1. The number of rotatable bonds is 8. The van der Waals surface area contributed by atoms with E-state index in [0.717, 1.165) is 5.75 Å². The molecule has 23 heavy (non-hydrogen) atoms. The standard InChI is InChI=1S/C17H27NO4S/c1-17(2,3)18(16(19)20)11-14(15(21-4)22-5)23-12-13-9-7-6-8-10-13/h6-10,14-15H,11-12H2,1-5H3,(H,19,20). The summed E-state index contributed by atoms with van der Waals surface area (Å²) in [6.45, 7) is 5.99. The van der Waals surface area contributed by atoms with E-state index < -0.39 is 17.9 Å². The summed E-state index contributed by atoms with van der Waals surface area (Å²) in [5, 5.41) is 9.38. The van der Waals surface area contributed by atoms with Gasteiger partial charge < -0.3 is 19.5 Å². The molecule has 0 heterocycles. The first-order chi connectivity index (χ1) is 10.8. The van der Waals surface area contributed by atoms with Crippen LogP contribution in [0.4, 0.5) is 4.79 Å². The van der Waals surface area contributed by atoms with Gasteiger partial charge >= 0.3 is 6.09 Å². The van der Waals surface area contributed by atoms with Crippen LogP contribution in [0.15, 0.2) is 30.3 Å². The predicted molar refractivity (Wildman–Crippen MR) is 93.8 cm³/mol. The highest BCUT2D eigenvalue weighted by atomic mass is 32.2. The van der Waals surface area contributed by atoms with E-state index in [0.29, 0.717) is 6.54 Å². The smallest absolute Gasteiger partial charge is 0.407 e. The Morgan fingerprint density at radius 3 is 2.22 bits per heavy atom. The van der Waals surface area contributed by atoms with E-state index in [1.807, 2.05) is 39.0 Å². The van der Waals surface area contributed by atoms with Crippen LogP contribution in [0.3, 0.4) is 0 Å². The Bertz CT molecular complexity index is 471. The number of nitrogens with zero attached hydrogens (tertiary/aromatic N) is 1. The van der Waals surface area contributed by atoms with Gasteiger partial charge in [0.1, 0.15) is 0 Å². The lowest BCUT2D eigenvalue weighted by Gasteiger charge is -2.37. The lowest BCUT2D eigenvalue weighted by molar-refractivity contribution is -0.105. The molecule has 0 aliphatic rings. The number of thioether (sulfide) groups is 1. The van der Waals surface area contributed by atoms with Gasteiger partial charge in [0.05, 0.1) is 5.25 Å². The van der Waals surface area contributed by atoms with Crippen molar-refractivity contribution >= 4 is 17.9 Å². The van der Waals surface area contributed by atoms with Gasteiger partial charge in [0, 0.05) is 32.1 Å². The molecule has 1 aromatic rings. The Balaban J connectivity index is 2.85. The van der Waals surface area contributed by atoms with Crippen molar-refractivity contribution in [3.63, 3.8) is 0 Å². The van der Waals surface area contributed by atoms with Crippen LogP contribution in [-0.4, -0.2) is 53.9 Å². The summed E-state index contributed by atoms with van der Waals surface area (Å²) in [7, 11) is 3.15. The molecule has 6 heteroatoms. The van der Waals surface area contributed by atoms with E-state index in [4.69, 9.17) is 9.47 Å². The van der Waals surface area contributed by atoms with E-state index >= 15 is 0 Å². The van der Waals surface area contributed by atoms with Crippen LogP contribution >= 0.6 is 11.8 Å². The maximum atomic E-state index is 11.6. The van der Waals surface area contributed by atoms with Crippen LogP contribution in [0, 0.1) is 0 Å². The SMILES string of the molecule is COC(OC)C(CN(C(=O)O)C(C)(C)C)SCc1ccccc1. The molecular weight excluding hydrogens is 314 g/mol. The van der Waals surface area contributed by atoms with Gasteiger partial charge in [-0.25, -0.2) is 4.79 Å². The number of ether oxygens (including phenoxy) is 2. The van der Waals surface area contributed by atoms with Crippen LogP contribution in [-0.2, 0) is 15.2 Å². The molecule has 0 saturated heterocycles. The Morgan fingerprint density at radius 2 is 1.78 bits per heavy atom. The largest absolute Gasteiger partial charge is 0.465 e. The zero-order chi connectivity index (χ0) is 17.5. The molecule has 1 N–H and O–H groups in total. The van der Waals surface area contributed by atoms with Gasteiger partial charge in [-0.3, -0.25) is 0 Å². The van der Waals surface area contributed by atoms with Crippen molar-refractivity contribution in [3.8, 4) is 0 Å². The van der Waals surface area contributed by atoms with Crippen LogP contribution in [0.5, 0.6) is 0 Å². The van der Waals surface area contributed by atoms with Crippen molar-refractivity contribution < 1.29 is 19.4 Å². The third kappa shape index (κ3) is 6.41. The van der Waals surface area contributed by atoms with Gasteiger partial charge in [-0.1, -0.05) is 30.3 Å². The molecule has 5 nitrogen and oxygen atoms in total. The van der Waals surface area contributed by atoms with Gasteiger partial charge in [-0.05, 0) is 26.3 Å². The van der Waals surface area contributed by atoms with Crippen LogP contribution in [0.2, 0.25) is 0 Å². The molecule has 0 aliphatic carbocycles. The highest BCUT2D eigenvalue weighted by molar-refractivity contribution is 7.99. The van der Waals surface area contributed by atoms with E-state index in [2.05, 4.69) is 12.1 Å². The number of carboxylic acid groups (broad SMARTS) is 1. The molecule has 0 aliphatic heterocycles. The van der Waals surface area contributed by atoms with Gasteiger partial charge in [0.15, 0.2) is 6.29 Å². The average molecular weight is 341 g/mol. The topological polar surface area (TPSA) is 59.0 Å². The molecular formula is C17H27NO4S. The summed E-state index contributed by atoms with van der Waals surface area (Å²) in [6.07, 6.45) is -1.40. The number of hydrogen-bond donors (Lipinski definition) is 1. The predicted octanol–water partition coefficient (Wildman–Crippen LogP) is 3.69. The molecule has 1 rings (SSSR count). The molecule has 0 fully saturated rings. The molecule has 0 saturated carbocycles. The third-order valence-electron chi connectivity index (χ3n) is 3.48. The van der Waals surface area contributed by atoms with Gasteiger partial charge in [0.2, 0.25) is 0 Å². The second-order valence-corrected chi connectivity index (χ2v) is 7.47. The molecule has 0 bridgehead atoms. The molecule has 0 aromatic heterocycles. The minimum absolute atomic E-state index is 0.125. The van der Waals surface area contributed by atoms with Crippen molar-refractivity contribution in [1.82, 2.24) is 4.90 Å². The molecule has 1 aromatic carbocycles. The Hall–Kier alpha value is -1.24. The zero-order valence-electron chi connectivity index (χ0n) is 14.5. The Kier molecular flexibility index (Phi) is 7.88. The van der Waals surface area contributed by atoms with E-state index in [1.165, 1.54) is 10.5 Å². The molecule has 1 amide bonds. The molecule has 130 valence electrons. The maximum Gasteiger partial charge on any atom is 0.407 e. The maximum absolute atomic E-state index is 11.6. The van der Waals surface area contributed by atoms with E-state index in [-0.39, 0.29) is 5.25 Å². The average Bonchev–Trinajstić information content (AvgIpc) is 2.49. The van der Waals surface area contributed by atoms with Crippen molar-refractivity contribution in [1.29, 1.82) is 0 Å². The number of carbonyl (C=O) groups is 1. The third-order valence-corrected chi connectivity index (χ3v) is 4.78. The first-order valence-corrected chi connectivity index (χ1v) is 8.56. The summed E-state index contributed by atoms with van der Waals surface area (Å²) in [5.74, 6) is 0.770. The summed E-state index contributed by atoms with van der Waals surface area (Å²) < 4.78 is 10.8. The summed E-state index contributed by atoms with van der Waals surface area (Å²) in [4.78, 5) is 13.0. The summed E-state index contributed by atoms with van der Waals surface area (Å²) in [6, 6.07) is 10.1. The van der Waals surface area contributed by atoms with Gasteiger partial charge in [-0.2, -0.15) is 0 Å². The lowest BCUT2D eigenvalue weighted by Crippen LogP contribution is -2.50. The fourth-order valence-electron chi connectivity index (χ4n) is 2.21. The van der Waals surface area contributed by atoms with E-state index in [9.17, 15) is 9.90 Å². The lowest BCUT2D eigenvalue weighted by atomic mass is 10.1. The molecule has 1 unspecified atom stereocenters. The van der Waals surface area contributed by atoms with Crippen molar-refractivity contribution in [3.05, 3.63) is 35.9 Å². The normalized spacial score (nSPS) is 13.1. The number of methoxy groups -OCH3 is 2. The van der Waals surface area contributed by atoms with Gasteiger partial charge in [0.25, 0.3) is 0 Å². The van der Waals surface area contributed by atoms with E-state index in [1.54, 1.807) is 26.0 Å². The fraction of sp³-hybridized carbons (Fsp3) is 0.588.